The average Bonchev–Trinajstić information content (AvgIpc) is 0.797. The van der Waals surface area contributed by atoms with Gasteiger partial charge in [0, 0.05) is 42.7 Å². The maximum atomic E-state index is 8.70. The molecule has 16 aromatic rings. The van der Waals surface area contributed by atoms with Crippen LogP contribution in [0.3, 0.4) is 0 Å². The first kappa shape index (κ1) is 81.9. The van der Waals surface area contributed by atoms with Gasteiger partial charge in [0.25, 0.3) is 0 Å². The topological polar surface area (TPSA) is 101 Å². The second kappa shape index (κ2) is 46.8. The molecule has 0 fully saturated rings. The van der Waals surface area contributed by atoms with Crippen molar-refractivity contribution in [1.82, 2.24) is 19.9 Å². The molecule has 2 N–H and O–H groups in total. The third-order valence-electron chi connectivity index (χ3n) is 15.6. The number of hydrogen-bond donors (Lipinski definition) is 2. The molecule has 0 aliphatic rings. The number of hydrogen-bond acceptors (Lipinski definition) is 6. The molecule has 2 aromatic heterocycles. The van der Waals surface area contributed by atoms with Gasteiger partial charge in [-0.15, -0.1) is 0 Å². The Labute approximate surface area is 666 Å². The number of nitrogens with zero attached hydrogens (tertiary/aromatic N) is 6. The fourth-order valence-electron chi connectivity index (χ4n) is 10.4. The SMILES string of the molecule is Clc1cnc(-c2ccccc2)c(-c2ccccc2)n1.[C-]#[N+]c1cccc(-c2cnc(-c3ccccc3)c(-c3ccccc3)n2)c1.[C-]#[N+]c1cccc(B(O)O)c1.[Pd].c1ccc(Pc2ccccc2)cc1.c1ccc(Pc2ccccc2)cc1.c1ccc(Pc2ccccc2)cc1.c1ccc(Pc2ccccc2)cc1. The molecule has 2 heterocycles. The van der Waals surface area contributed by atoms with Crippen molar-refractivity contribution in [2.75, 3.05) is 0 Å². The predicted molar refractivity (Wildman–Crippen MR) is 467 cm³/mol. The molecule has 109 heavy (non-hydrogen) atoms. The normalized spacial score (nSPS) is 9.84. The summed E-state index contributed by atoms with van der Waals surface area (Å²) in [5.74, 6) is 0. The Balaban J connectivity index is 0.000000150. The van der Waals surface area contributed by atoms with E-state index in [9.17, 15) is 0 Å². The molecule has 0 amide bonds. The van der Waals surface area contributed by atoms with Crippen molar-refractivity contribution >= 4 is 112 Å². The molecule has 0 radical (unpaired) electrons. The van der Waals surface area contributed by atoms with E-state index in [0.29, 0.717) is 22.0 Å². The van der Waals surface area contributed by atoms with Crippen molar-refractivity contribution in [2.24, 2.45) is 0 Å². The van der Waals surface area contributed by atoms with E-state index in [-0.39, 0.29) is 20.4 Å². The van der Waals surface area contributed by atoms with Crippen molar-refractivity contribution < 1.29 is 30.5 Å². The van der Waals surface area contributed by atoms with Gasteiger partial charge >= 0.3 is 7.12 Å². The summed E-state index contributed by atoms with van der Waals surface area (Å²) in [5.41, 5.74) is 10.4. The molecule has 0 saturated heterocycles. The van der Waals surface area contributed by atoms with Gasteiger partial charge in [-0.3, -0.25) is 9.97 Å². The van der Waals surface area contributed by atoms with Gasteiger partial charge in [-0.05, 0) is 59.5 Å². The van der Waals surface area contributed by atoms with Gasteiger partial charge in [-0.2, -0.15) is 0 Å². The van der Waals surface area contributed by atoms with Crippen LogP contribution < -0.4 is 47.9 Å². The van der Waals surface area contributed by atoms with Gasteiger partial charge in [0.1, 0.15) is 5.15 Å². The third kappa shape index (κ3) is 28.5. The average molecular weight is 1600 g/mol. The van der Waals surface area contributed by atoms with Crippen molar-refractivity contribution in [3.8, 4) is 56.3 Å². The van der Waals surface area contributed by atoms with Gasteiger partial charge in [0.15, 0.2) is 11.4 Å². The molecule has 0 bridgehead atoms. The molecule has 0 spiro atoms. The third-order valence-corrected chi connectivity index (χ3v) is 20.8. The van der Waals surface area contributed by atoms with Crippen molar-refractivity contribution in [3.63, 3.8) is 0 Å². The van der Waals surface area contributed by atoms with Gasteiger partial charge in [-0.1, -0.05) is 452 Å². The first-order valence-corrected chi connectivity index (χ1v) is 39.0. The summed E-state index contributed by atoms with van der Waals surface area (Å²) in [4.78, 5) is 25.1. The smallest absolute Gasteiger partial charge is 0.423 e. The Morgan fingerprint density at radius 1 is 0.266 bits per heavy atom. The molecule has 8 nitrogen and oxygen atoms in total. The van der Waals surface area contributed by atoms with Crippen molar-refractivity contribution in [3.05, 3.63) is 453 Å². The largest absolute Gasteiger partial charge is 0.487 e. The van der Waals surface area contributed by atoms with E-state index >= 15 is 0 Å². The summed E-state index contributed by atoms with van der Waals surface area (Å²) < 4.78 is 0. The van der Waals surface area contributed by atoms with Gasteiger partial charge in [0.05, 0.1) is 54.0 Å². The second-order valence-electron chi connectivity index (χ2n) is 23.5. The molecule has 0 saturated carbocycles. The molecule has 14 aromatic carbocycles. The summed E-state index contributed by atoms with van der Waals surface area (Å²) in [6, 6.07) is 138. The van der Waals surface area contributed by atoms with Crippen molar-refractivity contribution in [2.45, 2.75) is 0 Å². The van der Waals surface area contributed by atoms with Crippen LogP contribution in [0, 0.1) is 13.1 Å². The van der Waals surface area contributed by atoms with Crippen LogP contribution in [0.4, 0.5) is 11.4 Å². The summed E-state index contributed by atoms with van der Waals surface area (Å²) in [6.45, 7) is 13.9. The van der Waals surface area contributed by atoms with E-state index in [1.54, 1.807) is 36.7 Å². The standard InChI is InChI=1S/C23H15N3.C16H11ClN2.4C12H11P.C7H6BNO2.Pd/c1-24-20-14-8-13-19(15-20)21-16-25-22(17-9-4-2-5-10-17)23(26-21)18-11-6-3-7-12-18;17-14-11-18-15(12-7-3-1-4-8-12)16(19-14)13-9-5-2-6-10-13;4*1-3-7-11(8-4-1)13-12-9-5-2-6-10-12;1-9-7-4-2-3-6(5-7)8(10)11;/h2-16H;1-11H;4*1-10,13H;2-5,10-11H;. The fraction of sp³-hybridized carbons (Fsp3) is 0. The van der Waals surface area contributed by atoms with Crippen LogP contribution in [0.15, 0.2) is 425 Å². The number of rotatable bonds is 14. The first-order chi connectivity index (χ1) is 53.2. The molecular formula is C94H76BClN6O2P4Pd. The van der Waals surface area contributed by atoms with Crippen LogP contribution in [0.5, 0.6) is 0 Å². The number of aromatic nitrogens is 4. The minimum absolute atomic E-state index is 0. The zero-order valence-corrected chi connectivity index (χ0v) is 65.6. The van der Waals surface area contributed by atoms with Crippen LogP contribution >= 0.6 is 45.9 Å². The van der Waals surface area contributed by atoms with Crippen LogP contribution in [0.1, 0.15) is 0 Å². The summed E-state index contributed by atoms with van der Waals surface area (Å²) in [5, 5.41) is 29.0. The minimum atomic E-state index is -1.49. The molecule has 0 aliphatic carbocycles. The minimum Gasteiger partial charge on any atom is -0.423 e. The van der Waals surface area contributed by atoms with E-state index in [0.717, 1.165) is 90.6 Å². The van der Waals surface area contributed by atoms with Crippen molar-refractivity contribution in [1.29, 1.82) is 0 Å². The van der Waals surface area contributed by atoms with Crippen LogP contribution in [0.25, 0.3) is 66.0 Å². The Kier molecular flexibility index (Phi) is 35.2. The number of halogens is 1. The maximum absolute atomic E-state index is 8.70. The summed E-state index contributed by atoms with van der Waals surface area (Å²) in [6.07, 6.45) is 3.36. The number of benzene rings is 14. The molecule has 16 rings (SSSR count). The quantitative estimate of drug-likeness (QED) is 0.0639. The molecule has 0 atom stereocenters. The van der Waals surface area contributed by atoms with Crippen LogP contribution in [0.2, 0.25) is 5.15 Å². The maximum Gasteiger partial charge on any atom is 0.487 e. The summed E-state index contributed by atoms with van der Waals surface area (Å²) >= 11 is 5.98. The van der Waals surface area contributed by atoms with Gasteiger partial charge in [0.2, 0.25) is 0 Å². The Morgan fingerprint density at radius 3 is 0.789 bits per heavy atom. The van der Waals surface area contributed by atoms with E-state index in [2.05, 4.69) is 262 Å². The zero-order chi connectivity index (χ0) is 74.8. The van der Waals surface area contributed by atoms with Crippen LogP contribution in [-0.4, -0.2) is 37.1 Å². The van der Waals surface area contributed by atoms with E-state index in [1.807, 2.05) is 140 Å². The van der Waals surface area contributed by atoms with E-state index in [4.69, 9.17) is 44.8 Å². The van der Waals surface area contributed by atoms with Gasteiger partial charge < -0.3 is 10.0 Å². The summed E-state index contributed by atoms with van der Waals surface area (Å²) in [7, 11) is 1.62. The Morgan fingerprint density at radius 2 is 0.505 bits per heavy atom. The second-order valence-corrected chi connectivity index (χ2v) is 29.5. The fourth-order valence-corrected chi connectivity index (χ4v) is 14.8. The molecule has 0 aliphatic heterocycles. The first-order valence-electron chi connectivity index (χ1n) is 34.6. The van der Waals surface area contributed by atoms with E-state index in [1.165, 1.54) is 48.5 Å². The zero-order valence-electron chi connectivity index (χ0n) is 59.3. The van der Waals surface area contributed by atoms with Crippen LogP contribution in [-0.2, 0) is 20.4 Å². The Hall–Kier alpha value is -11.1. The van der Waals surface area contributed by atoms with E-state index < -0.39 is 7.12 Å². The predicted octanol–water partition coefficient (Wildman–Crippen LogP) is 19.7. The Bertz CT molecular complexity index is 4870. The molecule has 534 valence electrons. The molecule has 0 unspecified atom stereocenters. The monoisotopic (exact) mass is 1600 g/mol. The molecule has 15 heteroatoms. The molecular weight excluding hydrogens is 1520 g/mol. The van der Waals surface area contributed by atoms with Gasteiger partial charge in [-0.25, -0.2) is 19.7 Å².